The van der Waals surface area contributed by atoms with Gasteiger partial charge < -0.3 is 29.1 Å². The Labute approximate surface area is 177 Å². The van der Waals surface area contributed by atoms with Crippen molar-refractivity contribution in [2.24, 2.45) is 0 Å². The Balaban J connectivity index is 1.66. The largest absolute Gasteiger partial charge is 0.414 e. The molecule has 2 unspecified atom stereocenters. The van der Waals surface area contributed by atoms with Gasteiger partial charge in [-0.05, 0) is 25.1 Å². The van der Waals surface area contributed by atoms with Gasteiger partial charge in [0.05, 0.1) is 12.9 Å². The first-order chi connectivity index (χ1) is 14.0. The van der Waals surface area contributed by atoms with E-state index in [9.17, 15) is 0 Å². The number of hydrogen-bond acceptors (Lipinski definition) is 9. The monoisotopic (exact) mass is 437 g/mol. The normalized spacial score (nSPS) is 32.1. The van der Waals surface area contributed by atoms with Crippen LogP contribution in [0.3, 0.4) is 0 Å². The van der Waals surface area contributed by atoms with Crippen molar-refractivity contribution in [2.45, 2.75) is 76.3 Å². The third kappa shape index (κ3) is 3.33. The van der Waals surface area contributed by atoms with Gasteiger partial charge in [-0.2, -0.15) is 0 Å². The molecule has 2 fully saturated rings. The smallest absolute Gasteiger partial charge is 0.272 e. The van der Waals surface area contributed by atoms with E-state index in [4.69, 9.17) is 29.1 Å². The van der Waals surface area contributed by atoms with Crippen molar-refractivity contribution in [3.8, 4) is 0 Å². The van der Waals surface area contributed by atoms with Crippen molar-refractivity contribution in [2.75, 3.05) is 19.5 Å². The molecule has 0 aromatic carbocycles. The highest BCUT2D eigenvalue weighted by Gasteiger charge is 2.63. The molecule has 0 radical (unpaired) electrons. The second-order valence-corrected chi connectivity index (χ2v) is 14.4. The number of ether oxygens (including phenoxy) is 4. The van der Waals surface area contributed by atoms with Crippen molar-refractivity contribution >= 4 is 25.3 Å². The highest BCUT2D eigenvalue weighted by atomic mass is 28.4. The van der Waals surface area contributed by atoms with Gasteiger partial charge in [-0.3, -0.25) is 4.57 Å². The van der Waals surface area contributed by atoms with Crippen LogP contribution in [0.15, 0.2) is 12.7 Å². The number of nitrogens with two attached hydrogens (primary N) is 1. The van der Waals surface area contributed by atoms with Gasteiger partial charge in [0.2, 0.25) is 0 Å². The van der Waals surface area contributed by atoms with E-state index in [1.807, 2.05) is 11.5 Å². The molecule has 30 heavy (non-hydrogen) atoms. The molecule has 0 spiro atoms. The summed E-state index contributed by atoms with van der Waals surface area (Å²) in [6.45, 7) is 12.6. The van der Waals surface area contributed by atoms with Gasteiger partial charge in [0.15, 0.2) is 26.0 Å². The van der Waals surface area contributed by atoms with E-state index in [2.05, 4.69) is 48.8 Å². The molecule has 2 aromatic heterocycles. The molecule has 0 aliphatic carbocycles. The quantitative estimate of drug-likeness (QED) is 0.704. The van der Waals surface area contributed by atoms with Crippen LogP contribution in [0.25, 0.3) is 11.2 Å². The number of fused-ring (bicyclic) bond motifs is 2. The van der Waals surface area contributed by atoms with Crippen LogP contribution in [-0.2, 0) is 23.4 Å². The number of methoxy groups -OCH3 is 1. The van der Waals surface area contributed by atoms with Gasteiger partial charge in [-0.1, -0.05) is 20.8 Å². The fourth-order valence-electron chi connectivity index (χ4n) is 3.71. The van der Waals surface area contributed by atoms with E-state index in [0.717, 1.165) is 0 Å². The van der Waals surface area contributed by atoms with Crippen LogP contribution >= 0.6 is 0 Å². The average Bonchev–Trinajstić information content (AvgIpc) is 3.30. The Kier molecular flexibility index (Phi) is 5.19. The minimum atomic E-state index is -1.97. The van der Waals surface area contributed by atoms with Crippen molar-refractivity contribution in [3.63, 3.8) is 0 Å². The van der Waals surface area contributed by atoms with Crippen LogP contribution in [0.4, 0.5) is 5.82 Å². The second kappa shape index (κ2) is 7.21. The number of nitrogens with zero attached hydrogens (tertiary/aromatic N) is 4. The van der Waals surface area contributed by atoms with Crippen LogP contribution in [0.5, 0.6) is 0 Å². The van der Waals surface area contributed by atoms with Crippen molar-refractivity contribution in [1.29, 1.82) is 0 Å². The third-order valence-electron chi connectivity index (χ3n) is 6.55. The Morgan fingerprint density at radius 1 is 1.23 bits per heavy atom. The lowest BCUT2D eigenvalue weighted by atomic mass is 9.96. The lowest BCUT2D eigenvalue weighted by Crippen LogP contribution is -2.46. The van der Waals surface area contributed by atoms with E-state index in [1.165, 1.54) is 6.33 Å². The topological polar surface area (TPSA) is 116 Å². The molecule has 166 valence electrons. The first-order valence-corrected chi connectivity index (χ1v) is 13.0. The predicted octanol–water partition coefficient (Wildman–Crippen LogP) is 2.43. The minimum Gasteiger partial charge on any atom is -0.414 e. The summed E-state index contributed by atoms with van der Waals surface area (Å²) >= 11 is 0. The zero-order chi connectivity index (χ0) is 21.9. The number of imidazole rings is 1. The summed E-state index contributed by atoms with van der Waals surface area (Å²) < 4.78 is 32.2. The molecule has 5 atom stereocenters. The van der Waals surface area contributed by atoms with Gasteiger partial charge in [0, 0.05) is 7.11 Å². The van der Waals surface area contributed by atoms with Crippen molar-refractivity contribution in [3.05, 3.63) is 12.7 Å². The lowest BCUT2D eigenvalue weighted by Gasteiger charge is -2.37. The summed E-state index contributed by atoms with van der Waals surface area (Å²) in [6.07, 6.45) is 1.78. The first-order valence-electron chi connectivity index (χ1n) is 10.1. The highest BCUT2D eigenvalue weighted by molar-refractivity contribution is 6.74. The predicted molar refractivity (Wildman–Crippen MR) is 112 cm³/mol. The van der Waals surface area contributed by atoms with E-state index in [1.54, 1.807) is 13.4 Å². The van der Waals surface area contributed by atoms with Crippen molar-refractivity contribution < 1.29 is 23.4 Å². The van der Waals surface area contributed by atoms with Gasteiger partial charge in [-0.15, -0.1) is 0 Å². The standard InChI is InChI=1S/C19H31N5O5Si/c1-18(2,3)30(6,7)26-8-11-13-19(4,29-17(25-5)28-13)16(27-11)24-10-23-12-14(20)21-9-22-15(12)24/h9-11,13,16-17H,8H2,1-7H3,(H2,20,21,22)/t11?,13-,16-,17?,19-/m1/s1. The molecule has 0 amide bonds. The van der Waals surface area contributed by atoms with Crippen LogP contribution in [0, 0.1) is 0 Å². The summed E-state index contributed by atoms with van der Waals surface area (Å²) in [5, 5.41) is 0.0887. The Bertz CT molecular complexity index is 932. The first kappa shape index (κ1) is 21.6. The summed E-state index contributed by atoms with van der Waals surface area (Å²) in [5.41, 5.74) is 6.22. The fraction of sp³-hybridized carbons (Fsp3) is 0.737. The van der Waals surface area contributed by atoms with Crippen LogP contribution in [0.1, 0.15) is 33.9 Å². The number of rotatable bonds is 5. The summed E-state index contributed by atoms with van der Waals surface area (Å²) in [4.78, 5) is 12.7. The summed E-state index contributed by atoms with van der Waals surface area (Å²) in [6, 6.07) is 0. The SMILES string of the molecule is COC1O[C@@H]2C(CO[Si](C)(C)C(C)(C)C)O[C@@H](n3cnc4c(N)ncnc43)[C@]2(C)O1. The van der Waals surface area contributed by atoms with Gasteiger partial charge in [-0.25, -0.2) is 15.0 Å². The Morgan fingerprint density at radius 2 is 1.97 bits per heavy atom. The van der Waals surface area contributed by atoms with Gasteiger partial charge in [0.25, 0.3) is 6.48 Å². The molecule has 11 heteroatoms. The lowest BCUT2D eigenvalue weighted by molar-refractivity contribution is -0.268. The van der Waals surface area contributed by atoms with Gasteiger partial charge >= 0.3 is 0 Å². The highest BCUT2D eigenvalue weighted by Crippen LogP contribution is 2.49. The number of anilines is 1. The molecule has 2 aromatic rings. The zero-order valence-corrected chi connectivity index (χ0v) is 19.6. The van der Waals surface area contributed by atoms with E-state index < -0.39 is 26.6 Å². The van der Waals surface area contributed by atoms with E-state index in [-0.39, 0.29) is 17.2 Å². The molecule has 10 nitrogen and oxygen atoms in total. The maximum absolute atomic E-state index is 6.44. The molecular formula is C19H31N5O5Si. The van der Waals surface area contributed by atoms with Crippen LogP contribution in [0.2, 0.25) is 18.1 Å². The zero-order valence-electron chi connectivity index (χ0n) is 18.6. The van der Waals surface area contributed by atoms with Crippen LogP contribution in [-0.4, -0.2) is 65.8 Å². The molecule has 2 aliphatic heterocycles. The summed E-state index contributed by atoms with van der Waals surface area (Å²) in [5.74, 6) is 0.314. The summed E-state index contributed by atoms with van der Waals surface area (Å²) in [7, 11) is -0.421. The third-order valence-corrected chi connectivity index (χ3v) is 11.1. The molecule has 2 saturated heterocycles. The number of aromatic nitrogens is 4. The molecule has 2 aliphatic rings. The maximum atomic E-state index is 6.44. The number of nitrogen functional groups attached to an aromatic ring is 1. The Hall–Kier alpha value is -1.63. The van der Waals surface area contributed by atoms with Gasteiger partial charge in [0.1, 0.15) is 29.7 Å². The Morgan fingerprint density at radius 3 is 2.63 bits per heavy atom. The molecule has 4 rings (SSSR count). The minimum absolute atomic E-state index is 0.0887. The number of hydrogen-bond donors (Lipinski definition) is 1. The van der Waals surface area contributed by atoms with Crippen molar-refractivity contribution in [1.82, 2.24) is 19.5 Å². The van der Waals surface area contributed by atoms with Crippen LogP contribution < -0.4 is 5.73 Å². The molecule has 4 heterocycles. The molecular weight excluding hydrogens is 406 g/mol. The molecule has 2 N–H and O–H groups in total. The van der Waals surface area contributed by atoms with E-state index >= 15 is 0 Å². The molecule has 0 saturated carbocycles. The second-order valence-electron chi connectivity index (χ2n) is 9.56. The van der Waals surface area contributed by atoms with E-state index in [0.29, 0.717) is 23.6 Å². The average molecular weight is 438 g/mol. The maximum Gasteiger partial charge on any atom is 0.272 e. The molecule has 0 bridgehead atoms. The fourth-order valence-corrected chi connectivity index (χ4v) is 4.72.